The van der Waals surface area contributed by atoms with Gasteiger partial charge < -0.3 is 10.2 Å². The van der Waals surface area contributed by atoms with Crippen molar-refractivity contribution in [3.63, 3.8) is 0 Å². The molecule has 0 aliphatic heterocycles. The maximum Gasteiger partial charge on any atom is 0.416 e. The molecule has 0 aromatic heterocycles. The SMILES string of the molecule is Cc1c(C(F)(F)F)cc(C(C)(C)C)c(O)c1-c1c(C)c(C(F)(F)F)cc(C(C)(C)C)c1O. The molecule has 2 aromatic carbocycles. The lowest BCUT2D eigenvalue weighted by atomic mass is 9.77. The summed E-state index contributed by atoms with van der Waals surface area (Å²) in [7, 11) is 0. The number of hydrogen-bond acceptors (Lipinski definition) is 2. The van der Waals surface area contributed by atoms with Crippen LogP contribution in [0.1, 0.15) is 74.9 Å². The van der Waals surface area contributed by atoms with Crippen LogP contribution in [0.15, 0.2) is 12.1 Å². The molecule has 0 saturated heterocycles. The van der Waals surface area contributed by atoms with E-state index in [4.69, 9.17) is 0 Å². The molecule has 0 aliphatic carbocycles. The summed E-state index contributed by atoms with van der Waals surface area (Å²) in [4.78, 5) is 0. The van der Waals surface area contributed by atoms with Crippen molar-refractivity contribution in [2.24, 2.45) is 0 Å². The van der Waals surface area contributed by atoms with Gasteiger partial charge in [0.05, 0.1) is 11.1 Å². The van der Waals surface area contributed by atoms with Crippen molar-refractivity contribution in [2.75, 3.05) is 0 Å². The summed E-state index contributed by atoms with van der Waals surface area (Å²) in [5, 5.41) is 22.1. The van der Waals surface area contributed by atoms with Gasteiger partial charge in [-0.15, -0.1) is 0 Å². The number of rotatable bonds is 1. The summed E-state index contributed by atoms with van der Waals surface area (Å²) in [5.74, 6) is -1.17. The standard InChI is InChI=1S/C24H28F6O2/c1-11-13(23(25,26)27)9-15(21(3,4)5)19(31)17(11)18-12(2)14(24(28,29)30)10-16(20(18)32)22(6,7)8/h9-10,31-32H,1-8H3. The fourth-order valence-electron chi connectivity index (χ4n) is 3.88. The zero-order chi connectivity index (χ0) is 25.2. The molecule has 32 heavy (non-hydrogen) atoms. The second-order valence-electron chi connectivity index (χ2n) is 10.1. The summed E-state index contributed by atoms with van der Waals surface area (Å²) in [6.45, 7) is 11.7. The first kappa shape index (κ1) is 25.9. The van der Waals surface area contributed by atoms with E-state index in [0.717, 1.165) is 26.0 Å². The summed E-state index contributed by atoms with van der Waals surface area (Å²) in [6, 6.07) is 1.64. The van der Waals surface area contributed by atoms with Crippen LogP contribution in [-0.4, -0.2) is 10.2 Å². The van der Waals surface area contributed by atoms with Gasteiger partial charge in [-0.2, -0.15) is 26.3 Å². The lowest BCUT2D eigenvalue weighted by Crippen LogP contribution is -2.19. The lowest BCUT2D eigenvalue weighted by molar-refractivity contribution is -0.139. The first-order valence-corrected chi connectivity index (χ1v) is 9.99. The molecule has 178 valence electrons. The molecule has 0 amide bonds. The second-order valence-corrected chi connectivity index (χ2v) is 10.1. The van der Waals surface area contributed by atoms with Gasteiger partial charge in [0, 0.05) is 22.3 Å². The molecule has 2 nitrogen and oxygen atoms in total. The third kappa shape index (κ3) is 4.55. The Hall–Kier alpha value is -2.38. The molecule has 0 atom stereocenters. The zero-order valence-corrected chi connectivity index (χ0v) is 19.3. The molecule has 2 rings (SSSR count). The maximum atomic E-state index is 13.9. The Morgan fingerprint density at radius 1 is 0.531 bits per heavy atom. The largest absolute Gasteiger partial charge is 0.507 e. The van der Waals surface area contributed by atoms with E-state index in [2.05, 4.69) is 0 Å². The summed E-state index contributed by atoms with van der Waals surface area (Å²) >= 11 is 0. The molecule has 0 unspecified atom stereocenters. The Bertz CT molecular complexity index is 887. The van der Waals surface area contributed by atoms with Crippen LogP contribution in [0.5, 0.6) is 11.5 Å². The number of phenols is 2. The van der Waals surface area contributed by atoms with E-state index in [1.807, 2.05) is 0 Å². The van der Waals surface area contributed by atoms with Crippen LogP contribution in [0, 0.1) is 13.8 Å². The maximum absolute atomic E-state index is 13.9. The summed E-state index contributed by atoms with van der Waals surface area (Å²) < 4.78 is 83.2. The molecule has 0 fully saturated rings. The molecule has 0 bridgehead atoms. The molecular formula is C24H28F6O2. The van der Waals surface area contributed by atoms with Crippen LogP contribution < -0.4 is 0 Å². The molecule has 2 N–H and O–H groups in total. The van der Waals surface area contributed by atoms with E-state index in [-0.39, 0.29) is 11.1 Å². The summed E-state index contributed by atoms with van der Waals surface area (Å²) in [5.41, 5.74) is -6.05. The molecule has 0 spiro atoms. The normalized spacial score (nSPS) is 13.6. The number of halogens is 6. The number of aromatic hydroxyl groups is 2. The minimum Gasteiger partial charge on any atom is -0.507 e. The fraction of sp³-hybridized carbons (Fsp3) is 0.500. The van der Waals surface area contributed by atoms with Gasteiger partial charge in [0.25, 0.3) is 0 Å². The van der Waals surface area contributed by atoms with Crippen molar-refractivity contribution in [3.05, 3.63) is 45.5 Å². The van der Waals surface area contributed by atoms with E-state index < -0.39 is 68.1 Å². The van der Waals surface area contributed by atoms with Crippen molar-refractivity contribution in [3.8, 4) is 22.6 Å². The van der Waals surface area contributed by atoms with Gasteiger partial charge in [-0.3, -0.25) is 0 Å². The third-order valence-corrected chi connectivity index (χ3v) is 5.60. The van der Waals surface area contributed by atoms with Gasteiger partial charge in [0.15, 0.2) is 0 Å². The Morgan fingerprint density at radius 3 is 0.969 bits per heavy atom. The van der Waals surface area contributed by atoms with Crippen LogP contribution in [-0.2, 0) is 23.2 Å². The molecule has 0 heterocycles. The van der Waals surface area contributed by atoms with E-state index in [1.54, 1.807) is 41.5 Å². The Balaban J connectivity index is 3.23. The highest BCUT2D eigenvalue weighted by atomic mass is 19.4. The lowest BCUT2D eigenvalue weighted by Gasteiger charge is -2.29. The first-order valence-electron chi connectivity index (χ1n) is 9.99. The average molecular weight is 462 g/mol. The number of alkyl halides is 6. The number of hydrogen-bond donors (Lipinski definition) is 2. The van der Waals surface area contributed by atoms with Crippen LogP contribution in [0.3, 0.4) is 0 Å². The average Bonchev–Trinajstić information content (AvgIpc) is 2.52. The Labute approximate surface area is 183 Å². The molecule has 8 heteroatoms. The Morgan fingerprint density at radius 2 is 0.781 bits per heavy atom. The van der Waals surface area contributed by atoms with Gasteiger partial charge in [-0.05, 0) is 47.9 Å². The van der Waals surface area contributed by atoms with Crippen LogP contribution in [0.25, 0.3) is 11.1 Å². The topological polar surface area (TPSA) is 40.5 Å². The highest BCUT2D eigenvalue weighted by molar-refractivity contribution is 5.85. The van der Waals surface area contributed by atoms with Gasteiger partial charge in [0.1, 0.15) is 11.5 Å². The van der Waals surface area contributed by atoms with E-state index in [1.165, 1.54) is 0 Å². The van der Waals surface area contributed by atoms with Crippen molar-refractivity contribution >= 4 is 0 Å². The monoisotopic (exact) mass is 462 g/mol. The van der Waals surface area contributed by atoms with E-state index in [0.29, 0.717) is 0 Å². The molecular weight excluding hydrogens is 434 g/mol. The molecule has 0 saturated carbocycles. The van der Waals surface area contributed by atoms with Crippen LogP contribution >= 0.6 is 0 Å². The minimum absolute atomic E-state index is 0.0843. The number of phenolic OH excluding ortho intramolecular Hbond substituents is 2. The molecule has 0 aliphatic rings. The second kappa shape index (κ2) is 7.59. The zero-order valence-electron chi connectivity index (χ0n) is 19.3. The Kier molecular flexibility index (Phi) is 6.14. The van der Waals surface area contributed by atoms with E-state index >= 15 is 0 Å². The predicted molar refractivity (Wildman–Crippen MR) is 112 cm³/mol. The van der Waals surface area contributed by atoms with Gasteiger partial charge in [-0.25, -0.2) is 0 Å². The first-order chi connectivity index (χ1) is 14.1. The van der Waals surface area contributed by atoms with Crippen LogP contribution in [0.2, 0.25) is 0 Å². The quantitative estimate of drug-likeness (QED) is 0.421. The predicted octanol–water partition coefficient (Wildman–Crippen LogP) is 8.01. The highest BCUT2D eigenvalue weighted by Gasteiger charge is 2.40. The number of benzene rings is 2. The smallest absolute Gasteiger partial charge is 0.416 e. The minimum atomic E-state index is -4.81. The third-order valence-electron chi connectivity index (χ3n) is 5.60. The summed E-state index contributed by atoms with van der Waals surface area (Å²) in [6.07, 6.45) is -9.63. The van der Waals surface area contributed by atoms with Crippen molar-refractivity contribution < 1.29 is 36.6 Å². The fourth-order valence-corrected chi connectivity index (χ4v) is 3.88. The van der Waals surface area contributed by atoms with Gasteiger partial charge in [-0.1, -0.05) is 41.5 Å². The van der Waals surface area contributed by atoms with Crippen LogP contribution in [0.4, 0.5) is 26.3 Å². The molecule has 2 aromatic rings. The van der Waals surface area contributed by atoms with Crippen molar-refractivity contribution in [1.82, 2.24) is 0 Å². The van der Waals surface area contributed by atoms with Gasteiger partial charge in [0.2, 0.25) is 0 Å². The van der Waals surface area contributed by atoms with E-state index in [9.17, 15) is 36.6 Å². The molecule has 0 radical (unpaired) electrons. The van der Waals surface area contributed by atoms with Crippen molar-refractivity contribution in [1.29, 1.82) is 0 Å². The van der Waals surface area contributed by atoms with Crippen molar-refractivity contribution in [2.45, 2.75) is 78.6 Å². The van der Waals surface area contributed by atoms with Gasteiger partial charge >= 0.3 is 12.4 Å². The highest BCUT2D eigenvalue weighted by Crippen LogP contribution is 2.52.